The standard InChI is InChI=1S/C26H31N3O2S/c1-20(17-28-12-14-31-15-13-28)29(18-23-6-4-3-5-7-23)26(30)16-22-8-10-24(11-9-22)25-19-32-21(2)27-25/h3-11,19-20H,12-18H2,1-2H3. The number of rotatable bonds is 8. The molecule has 0 radical (unpaired) electrons. The second-order valence-electron chi connectivity index (χ2n) is 8.39. The van der Waals surface area contributed by atoms with Gasteiger partial charge in [-0.1, -0.05) is 54.6 Å². The van der Waals surface area contributed by atoms with E-state index in [2.05, 4.69) is 58.6 Å². The van der Waals surface area contributed by atoms with Crippen LogP contribution in [0.2, 0.25) is 0 Å². The lowest BCUT2D eigenvalue weighted by Crippen LogP contribution is -2.48. The lowest BCUT2D eigenvalue weighted by atomic mass is 10.1. The summed E-state index contributed by atoms with van der Waals surface area (Å²) in [5, 5.41) is 3.13. The van der Waals surface area contributed by atoms with E-state index in [9.17, 15) is 4.79 Å². The molecule has 4 rings (SSSR count). The molecule has 168 valence electrons. The zero-order valence-corrected chi connectivity index (χ0v) is 19.7. The lowest BCUT2D eigenvalue weighted by molar-refractivity contribution is -0.133. The minimum atomic E-state index is 0.123. The van der Waals surface area contributed by atoms with E-state index in [1.165, 1.54) is 0 Å². The highest BCUT2D eigenvalue weighted by Crippen LogP contribution is 2.22. The van der Waals surface area contributed by atoms with Crippen molar-refractivity contribution in [1.82, 2.24) is 14.8 Å². The van der Waals surface area contributed by atoms with Gasteiger partial charge in [-0.3, -0.25) is 9.69 Å². The number of hydrogen-bond acceptors (Lipinski definition) is 5. The summed E-state index contributed by atoms with van der Waals surface area (Å²) in [6, 6.07) is 18.6. The summed E-state index contributed by atoms with van der Waals surface area (Å²) in [6.45, 7) is 9.05. The number of ether oxygens (including phenoxy) is 1. The van der Waals surface area contributed by atoms with Crippen molar-refractivity contribution in [3.63, 3.8) is 0 Å². The molecule has 1 fully saturated rings. The summed E-state index contributed by atoms with van der Waals surface area (Å²) < 4.78 is 5.48. The van der Waals surface area contributed by atoms with Gasteiger partial charge in [-0.05, 0) is 25.0 Å². The van der Waals surface area contributed by atoms with Gasteiger partial charge in [-0.15, -0.1) is 11.3 Å². The van der Waals surface area contributed by atoms with Crippen LogP contribution in [0, 0.1) is 6.92 Å². The van der Waals surface area contributed by atoms with Crippen LogP contribution in [0.4, 0.5) is 0 Å². The Balaban J connectivity index is 1.46. The van der Waals surface area contributed by atoms with Crippen molar-refractivity contribution >= 4 is 17.2 Å². The Morgan fingerprint density at radius 3 is 2.47 bits per heavy atom. The molecular weight excluding hydrogens is 418 g/mol. The third kappa shape index (κ3) is 6.03. The normalized spacial score (nSPS) is 15.4. The summed E-state index contributed by atoms with van der Waals surface area (Å²) in [6.07, 6.45) is 0.399. The van der Waals surface area contributed by atoms with Crippen molar-refractivity contribution in [2.75, 3.05) is 32.8 Å². The van der Waals surface area contributed by atoms with Crippen LogP contribution in [-0.2, 0) is 22.5 Å². The molecule has 0 bridgehead atoms. The maximum Gasteiger partial charge on any atom is 0.227 e. The molecule has 1 aliphatic rings. The fourth-order valence-electron chi connectivity index (χ4n) is 4.09. The number of morpholine rings is 1. The lowest BCUT2D eigenvalue weighted by Gasteiger charge is -2.35. The molecule has 1 atom stereocenters. The van der Waals surface area contributed by atoms with E-state index in [-0.39, 0.29) is 11.9 Å². The number of thiazole rings is 1. The van der Waals surface area contributed by atoms with E-state index >= 15 is 0 Å². The molecule has 2 heterocycles. The zero-order valence-electron chi connectivity index (χ0n) is 18.9. The second kappa shape index (κ2) is 10.9. The average molecular weight is 450 g/mol. The number of benzene rings is 2. The number of aryl methyl sites for hydroxylation is 1. The van der Waals surface area contributed by atoms with Gasteiger partial charge in [0, 0.05) is 43.2 Å². The van der Waals surface area contributed by atoms with E-state index < -0.39 is 0 Å². The van der Waals surface area contributed by atoms with Crippen molar-refractivity contribution in [2.45, 2.75) is 32.9 Å². The van der Waals surface area contributed by atoms with Gasteiger partial charge >= 0.3 is 0 Å². The van der Waals surface area contributed by atoms with E-state index in [4.69, 9.17) is 4.74 Å². The van der Waals surface area contributed by atoms with Crippen molar-refractivity contribution in [3.8, 4) is 11.3 Å². The molecule has 1 unspecified atom stereocenters. The molecule has 0 spiro atoms. The summed E-state index contributed by atoms with van der Waals surface area (Å²) in [5.41, 5.74) is 4.27. The maximum absolute atomic E-state index is 13.4. The van der Waals surface area contributed by atoms with Gasteiger partial charge in [0.05, 0.1) is 30.3 Å². The topological polar surface area (TPSA) is 45.7 Å². The third-order valence-corrected chi connectivity index (χ3v) is 6.67. The molecular formula is C26H31N3O2S. The van der Waals surface area contributed by atoms with Gasteiger partial charge in [-0.25, -0.2) is 4.98 Å². The van der Waals surface area contributed by atoms with Crippen LogP contribution in [0.1, 0.15) is 23.1 Å². The highest BCUT2D eigenvalue weighted by atomic mass is 32.1. The van der Waals surface area contributed by atoms with E-state index in [1.54, 1.807) is 11.3 Å². The minimum absolute atomic E-state index is 0.123. The molecule has 1 aliphatic heterocycles. The Morgan fingerprint density at radius 1 is 1.09 bits per heavy atom. The van der Waals surface area contributed by atoms with Crippen LogP contribution in [0.15, 0.2) is 60.0 Å². The number of carbonyl (C=O) groups is 1. The average Bonchev–Trinajstić information content (AvgIpc) is 3.25. The van der Waals surface area contributed by atoms with Crippen LogP contribution in [0.5, 0.6) is 0 Å². The maximum atomic E-state index is 13.4. The highest BCUT2D eigenvalue weighted by Gasteiger charge is 2.23. The highest BCUT2D eigenvalue weighted by molar-refractivity contribution is 7.09. The summed E-state index contributed by atoms with van der Waals surface area (Å²) >= 11 is 1.65. The Hall–Kier alpha value is -2.54. The number of nitrogens with zero attached hydrogens (tertiary/aromatic N) is 3. The molecule has 3 aromatic rings. The number of aromatic nitrogens is 1. The molecule has 0 aliphatic carbocycles. The first-order valence-corrected chi connectivity index (χ1v) is 12.1. The number of amides is 1. The first-order valence-electron chi connectivity index (χ1n) is 11.2. The summed E-state index contributed by atoms with van der Waals surface area (Å²) in [4.78, 5) is 22.4. The van der Waals surface area contributed by atoms with Gasteiger partial charge in [0.2, 0.25) is 5.91 Å². The van der Waals surface area contributed by atoms with Crippen LogP contribution in [0.3, 0.4) is 0 Å². The van der Waals surface area contributed by atoms with Gasteiger partial charge < -0.3 is 9.64 Å². The van der Waals surface area contributed by atoms with E-state index in [1.807, 2.05) is 30.0 Å². The fraction of sp³-hybridized carbons (Fsp3) is 0.385. The number of carbonyl (C=O) groups excluding carboxylic acids is 1. The fourth-order valence-corrected chi connectivity index (χ4v) is 4.71. The van der Waals surface area contributed by atoms with E-state index in [0.29, 0.717) is 13.0 Å². The molecule has 1 saturated heterocycles. The Labute approximate surface area is 194 Å². The van der Waals surface area contributed by atoms with Crippen LogP contribution in [-0.4, -0.2) is 59.6 Å². The first-order chi connectivity index (χ1) is 15.6. The van der Waals surface area contributed by atoms with Gasteiger partial charge in [0.1, 0.15) is 0 Å². The summed E-state index contributed by atoms with van der Waals surface area (Å²) in [5.74, 6) is 0.159. The molecule has 6 heteroatoms. The smallest absolute Gasteiger partial charge is 0.227 e. The monoisotopic (exact) mass is 449 g/mol. The molecule has 0 saturated carbocycles. The van der Waals surface area contributed by atoms with Crippen LogP contribution in [0.25, 0.3) is 11.3 Å². The van der Waals surface area contributed by atoms with Gasteiger partial charge in [0.15, 0.2) is 0 Å². The molecule has 32 heavy (non-hydrogen) atoms. The summed E-state index contributed by atoms with van der Waals surface area (Å²) in [7, 11) is 0. The Kier molecular flexibility index (Phi) is 7.68. The van der Waals surface area contributed by atoms with Gasteiger partial charge in [0.25, 0.3) is 0 Å². The van der Waals surface area contributed by atoms with Crippen molar-refractivity contribution < 1.29 is 9.53 Å². The number of hydrogen-bond donors (Lipinski definition) is 0. The minimum Gasteiger partial charge on any atom is -0.379 e. The Bertz CT molecular complexity index is 997. The molecule has 1 amide bonds. The molecule has 1 aromatic heterocycles. The largest absolute Gasteiger partial charge is 0.379 e. The zero-order chi connectivity index (χ0) is 22.3. The molecule has 5 nitrogen and oxygen atoms in total. The van der Waals surface area contributed by atoms with Crippen LogP contribution < -0.4 is 0 Å². The predicted molar refractivity (Wildman–Crippen MR) is 130 cm³/mol. The Morgan fingerprint density at radius 2 is 1.81 bits per heavy atom. The second-order valence-corrected chi connectivity index (χ2v) is 9.46. The third-order valence-electron chi connectivity index (χ3n) is 5.90. The molecule has 0 N–H and O–H groups in total. The SMILES string of the molecule is Cc1nc(-c2ccc(CC(=O)N(Cc3ccccc3)C(C)CN3CCOCC3)cc2)cs1. The molecule has 2 aromatic carbocycles. The quantitative estimate of drug-likeness (QED) is 0.511. The predicted octanol–water partition coefficient (Wildman–Crippen LogP) is 4.41. The van der Waals surface area contributed by atoms with Crippen molar-refractivity contribution in [2.24, 2.45) is 0 Å². The van der Waals surface area contributed by atoms with Crippen molar-refractivity contribution in [1.29, 1.82) is 0 Å². The van der Waals surface area contributed by atoms with Crippen LogP contribution >= 0.6 is 11.3 Å². The first kappa shape index (κ1) is 22.6. The van der Waals surface area contributed by atoms with E-state index in [0.717, 1.165) is 60.2 Å². The van der Waals surface area contributed by atoms with Gasteiger partial charge in [-0.2, -0.15) is 0 Å². The van der Waals surface area contributed by atoms with Crippen molar-refractivity contribution in [3.05, 3.63) is 76.1 Å².